The van der Waals surface area contributed by atoms with Crippen LogP contribution in [-0.4, -0.2) is 48.4 Å². The summed E-state index contributed by atoms with van der Waals surface area (Å²) in [6, 6.07) is 16.4. The molecule has 0 atom stereocenters. The third-order valence-corrected chi connectivity index (χ3v) is 5.73. The van der Waals surface area contributed by atoms with Crippen LogP contribution in [0.25, 0.3) is 0 Å². The molecule has 0 bridgehead atoms. The lowest BCUT2D eigenvalue weighted by Crippen LogP contribution is -2.18. The van der Waals surface area contributed by atoms with Crippen LogP contribution in [0.3, 0.4) is 0 Å². The van der Waals surface area contributed by atoms with E-state index in [1.807, 2.05) is 36.0 Å². The number of H-pyrrole nitrogens is 1. The van der Waals surface area contributed by atoms with Gasteiger partial charge in [-0.3, -0.25) is 9.78 Å². The summed E-state index contributed by atoms with van der Waals surface area (Å²) in [5, 5.41) is 3.20. The lowest BCUT2D eigenvalue weighted by Gasteiger charge is -2.11. The van der Waals surface area contributed by atoms with Gasteiger partial charge in [0, 0.05) is 42.8 Å². The average molecular weight is 439 g/mol. The number of thioether (sulfide) groups is 1. The van der Waals surface area contributed by atoms with Gasteiger partial charge >= 0.3 is 0 Å². The van der Waals surface area contributed by atoms with E-state index in [0.717, 1.165) is 35.9 Å². The van der Waals surface area contributed by atoms with E-state index in [4.69, 9.17) is 4.74 Å². The van der Waals surface area contributed by atoms with Crippen molar-refractivity contribution in [2.45, 2.75) is 18.7 Å². The third-order valence-electron chi connectivity index (χ3n) is 4.70. The number of anilines is 1. The molecule has 0 amide bonds. The van der Waals surface area contributed by atoms with Gasteiger partial charge < -0.3 is 15.0 Å². The zero-order chi connectivity index (χ0) is 22.1. The van der Waals surface area contributed by atoms with E-state index >= 15 is 0 Å². The highest BCUT2D eigenvalue weighted by Gasteiger charge is 2.05. The smallest absolute Gasteiger partial charge is 0.255 e. The quantitative estimate of drug-likeness (QED) is 0.444. The number of rotatable bonds is 11. The minimum absolute atomic E-state index is 0.120. The molecular formula is C24H30N4O2S. The predicted octanol–water partition coefficient (Wildman–Crippen LogP) is 3.78. The van der Waals surface area contributed by atoms with Gasteiger partial charge in [0.05, 0.1) is 7.11 Å². The highest BCUT2D eigenvalue weighted by Crippen LogP contribution is 2.16. The van der Waals surface area contributed by atoms with Gasteiger partial charge in [0.25, 0.3) is 5.56 Å². The van der Waals surface area contributed by atoms with E-state index < -0.39 is 0 Å². The van der Waals surface area contributed by atoms with Gasteiger partial charge in [-0.2, -0.15) is 11.8 Å². The summed E-state index contributed by atoms with van der Waals surface area (Å²) in [5.74, 6) is 3.18. The number of ether oxygens (including phenoxy) is 1. The monoisotopic (exact) mass is 438 g/mol. The van der Waals surface area contributed by atoms with Crippen LogP contribution in [0.15, 0.2) is 59.5 Å². The molecule has 3 aromatic rings. The standard InChI is InChI=1S/C24H30N4O2S/c1-28(2)16-19-7-4-8-20(12-19)17-31-11-10-25-24-26-15-21(23(29)27-24)13-18-6-5-9-22(14-18)30-3/h4-9,12,14-15H,10-11,13,16-17H2,1-3H3,(H2,25,26,27,29). The van der Waals surface area contributed by atoms with Crippen molar-refractivity contribution in [3.63, 3.8) is 0 Å². The van der Waals surface area contributed by atoms with E-state index in [-0.39, 0.29) is 5.56 Å². The summed E-state index contributed by atoms with van der Waals surface area (Å²) < 4.78 is 5.24. The molecule has 2 aromatic carbocycles. The Bertz CT molecular complexity index is 1040. The van der Waals surface area contributed by atoms with Gasteiger partial charge in [0.2, 0.25) is 5.95 Å². The van der Waals surface area contributed by atoms with E-state index in [9.17, 15) is 4.79 Å². The predicted molar refractivity (Wildman–Crippen MR) is 129 cm³/mol. The minimum Gasteiger partial charge on any atom is -0.497 e. The van der Waals surface area contributed by atoms with Crippen LogP contribution in [0, 0.1) is 0 Å². The van der Waals surface area contributed by atoms with Gasteiger partial charge in [0.1, 0.15) is 5.75 Å². The summed E-state index contributed by atoms with van der Waals surface area (Å²) in [6.07, 6.45) is 2.16. The fourth-order valence-electron chi connectivity index (χ4n) is 3.25. The fraction of sp³-hybridized carbons (Fsp3) is 0.333. The number of benzene rings is 2. The average Bonchev–Trinajstić information content (AvgIpc) is 2.75. The Balaban J connectivity index is 1.45. The SMILES string of the molecule is COc1cccc(Cc2cnc(NCCSCc3cccc(CN(C)C)c3)[nH]c2=O)c1. The van der Waals surface area contributed by atoms with Crippen molar-refractivity contribution in [2.75, 3.05) is 38.8 Å². The summed E-state index contributed by atoms with van der Waals surface area (Å²) >= 11 is 1.86. The van der Waals surface area contributed by atoms with Crippen LogP contribution < -0.4 is 15.6 Å². The van der Waals surface area contributed by atoms with Gasteiger partial charge in [-0.15, -0.1) is 0 Å². The third kappa shape index (κ3) is 7.45. The summed E-state index contributed by atoms with van der Waals surface area (Å²) in [6.45, 7) is 1.69. The molecule has 0 aliphatic carbocycles. The highest BCUT2D eigenvalue weighted by molar-refractivity contribution is 7.98. The van der Waals surface area contributed by atoms with E-state index in [1.165, 1.54) is 11.1 Å². The zero-order valence-electron chi connectivity index (χ0n) is 18.4. The van der Waals surface area contributed by atoms with Gasteiger partial charge in [-0.05, 0) is 42.9 Å². The van der Waals surface area contributed by atoms with E-state index in [2.05, 4.69) is 58.5 Å². The molecule has 7 heteroatoms. The number of hydrogen-bond acceptors (Lipinski definition) is 6. The first kappa shape index (κ1) is 22.9. The lowest BCUT2D eigenvalue weighted by atomic mass is 10.1. The largest absolute Gasteiger partial charge is 0.497 e. The molecule has 164 valence electrons. The maximum Gasteiger partial charge on any atom is 0.255 e. The van der Waals surface area contributed by atoms with Crippen LogP contribution >= 0.6 is 11.8 Å². The first-order valence-corrected chi connectivity index (χ1v) is 11.4. The number of methoxy groups -OCH3 is 1. The Morgan fingerprint density at radius 1 is 1.10 bits per heavy atom. The zero-order valence-corrected chi connectivity index (χ0v) is 19.2. The van der Waals surface area contributed by atoms with Crippen LogP contribution in [0.1, 0.15) is 22.3 Å². The minimum atomic E-state index is -0.120. The maximum absolute atomic E-state index is 12.4. The molecular weight excluding hydrogens is 408 g/mol. The maximum atomic E-state index is 12.4. The van der Waals surface area contributed by atoms with Crippen LogP contribution in [0.5, 0.6) is 5.75 Å². The van der Waals surface area contributed by atoms with Crippen molar-refractivity contribution in [1.29, 1.82) is 0 Å². The summed E-state index contributed by atoms with van der Waals surface area (Å²) in [5.41, 5.74) is 4.18. The number of hydrogen-bond donors (Lipinski definition) is 2. The number of nitrogens with one attached hydrogen (secondary N) is 2. The number of aromatic amines is 1. The van der Waals surface area contributed by atoms with Crippen LogP contribution in [0.2, 0.25) is 0 Å². The molecule has 0 radical (unpaired) electrons. The summed E-state index contributed by atoms with van der Waals surface area (Å²) in [7, 11) is 5.79. The Kier molecular flexibility index (Phi) is 8.55. The van der Waals surface area contributed by atoms with Crippen molar-refractivity contribution >= 4 is 17.7 Å². The molecule has 0 spiro atoms. The molecule has 0 fully saturated rings. The topological polar surface area (TPSA) is 70.2 Å². The highest BCUT2D eigenvalue weighted by atomic mass is 32.2. The molecule has 0 saturated carbocycles. The van der Waals surface area contributed by atoms with Gasteiger partial charge in [-0.25, -0.2) is 4.98 Å². The van der Waals surface area contributed by atoms with Crippen molar-refractivity contribution < 1.29 is 4.74 Å². The molecule has 2 N–H and O–H groups in total. The van der Waals surface area contributed by atoms with Crippen LogP contribution in [-0.2, 0) is 18.7 Å². The molecule has 0 aliphatic rings. The molecule has 0 saturated heterocycles. The fourth-order valence-corrected chi connectivity index (χ4v) is 4.06. The van der Waals surface area contributed by atoms with Crippen molar-refractivity contribution in [3.05, 3.63) is 87.3 Å². The first-order valence-electron chi connectivity index (χ1n) is 10.3. The molecule has 1 aromatic heterocycles. The van der Waals surface area contributed by atoms with Gasteiger partial charge in [0.15, 0.2) is 0 Å². The Morgan fingerprint density at radius 2 is 1.87 bits per heavy atom. The normalized spacial score (nSPS) is 11.0. The van der Waals surface area contributed by atoms with Gasteiger partial charge in [-0.1, -0.05) is 36.4 Å². The first-order chi connectivity index (χ1) is 15.0. The molecule has 31 heavy (non-hydrogen) atoms. The van der Waals surface area contributed by atoms with Crippen LogP contribution in [0.4, 0.5) is 5.95 Å². The van der Waals surface area contributed by atoms with Crippen molar-refractivity contribution in [2.24, 2.45) is 0 Å². The molecule has 6 nitrogen and oxygen atoms in total. The van der Waals surface area contributed by atoms with Crippen molar-refractivity contribution in [1.82, 2.24) is 14.9 Å². The summed E-state index contributed by atoms with van der Waals surface area (Å²) in [4.78, 5) is 21.8. The second-order valence-electron chi connectivity index (χ2n) is 7.65. The molecule has 1 heterocycles. The second kappa shape index (κ2) is 11.6. The molecule has 3 rings (SSSR count). The molecule has 0 aliphatic heterocycles. The Morgan fingerprint density at radius 3 is 2.65 bits per heavy atom. The van der Waals surface area contributed by atoms with E-state index in [0.29, 0.717) is 17.9 Å². The Labute approximate surface area is 188 Å². The Hall–Kier alpha value is -2.77. The lowest BCUT2D eigenvalue weighted by molar-refractivity contribution is 0.402. The van der Waals surface area contributed by atoms with Crippen molar-refractivity contribution in [3.8, 4) is 5.75 Å². The number of aromatic nitrogens is 2. The second-order valence-corrected chi connectivity index (χ2v) is 8.76. The van der Waals surface area contributed by atoms with E-state index in [1.54, 1.807) is 13.3 Å². The number of nitrogens with zero attached hydrogens (tertiary/aromatic N) is 2. The molecule has 0 unspecified atom stereocenters.